The molecular formula is C17H27N3O2S. The second-order valence-electron chi connectivity index (χ2n) is 7.01. The van der Waals surface area contributed by atoms with Gasteiger partial charge in [-0.05, 0) is 32.6 Å². The Kier molecular flexibility index (Phi) is 5.21. The van der Waals surface area contributed by atoms with E-state index >= 15 is 0 Å². The molecule has 2 N–H and O–H groups in total. The number of hydrogen-bond donors (Lipinski definition) is 2. The van der Waals surface area contributed by atoms with Crippen LogP contribution >= 0.6 is 11.3 Å². The van der Waals surface area contributed by atoms with Crippen molar-refractivity contribution >= 4 is 17.4 Å². The summed E-state index contributed by atoms with van der Waals surface area (Å²) >= 11 is 1.66. The van der Waals surface area contributed by atoms with E-state index in [1.54, 1.807) is 11.3 Å². The standard InChI is InChI=1S/C17H27N3O2S/c1-12(15-19-13(2)11-23-15)10-18-16(21)20-14-5-8-22-17(9-14)6-3-4-7-17/h11-12,14H,3-10H2,1-2H3,(H2,18,20,21)/t12-,14-/m0/s1. The largest absolute Gasteiger partial charge is 0.375 e. The van der Waals surface area contributed by atoms with Gasteiger partial charge < -0.3 is 15.4 Å². The van der Waals surface area contributed by atoms with E-state index in [9.17, 15) is 4.79 Å². The lowest BCUT2D eigenvalue weighted by Crippen LogP contribution is -2.50. The van der Waals surface area contributed by atoms with Gasteiger partial charge in [-0.2, -0.15) is 0 Å². The summed E-state index contributed by atoms with van der Waals surface area (Å²) in [5, 5.41) is 9.26. The summed E-state index contributed by atoms with van der Waals surface area (Å²) in [7, 11) is 0. The van der Waals surface area contributed by atoms with Gasteiger partial charge in [0.25, 0.3) is 0 Å². The predicted octanol–water partition coefficient (Wildman–Crippen LogP) is 3.35. The quantitative estimate of drug-likeness (QED) is 0.885. The maximum atomic E-state index is 12.2. The SMILES string of the molecule is Cc1csc([C@@H](C)CNC(=O)N[C@H]2CCOC3(CCCC3)C2)n1. The van der Waals surface area contributed by atoms with Crippen molar-refractivity contribution in [3.05, 3.63) is 16.1 Å². The normalized spacial score (nSPS) is 24.5. The van der Waals surface area contributed by atoms with Crippen molar-refractivity contribution in [3.8, 4) is 0 Å². The van der Waals surface area contributed by atoms with Gasteiger partial charge >= 0.3 is 6.03 Å². The first kappa shape index (κ1) is 16.7. The molecule has 0 bridgehead atoms. The Balaban J connectivity index is 1.44. The number of aryl methyl sites for hydroxylation is 1. The number of nitrogens with zero attached hydrogens (tertiary/aromatic N) is 1. The van der Waals surface area contributed by atoms with Crippen molar-refractivity contribution in [2.75, 3.05) is 13.2 Å². The van der Waals surface area contributed by atoms with Crippen molar-refractivity contribution in [1.29, 1.82) is 0 Å². The smallest absolute Gasteiger partial charge is 0.315 e. The minimum absolute atomic E-state index is 0.0436. The minimum Gasteiger partial charge on any atom is -0.375 e. The number of amides is 2. The van der Waals surface area contributed by atoms with Gasteiger partial charge in [0, 0.05) is 36.2 Å². The molecule has 128 valence electrons. The van der Waals surface area contributed by atoms with E-state index in [1.807, 2.05) is 6.92 Å². The molecule has 2 fully saturated rings. The van der Waals surface area contributed by atoms with Crippen LogP contribution in [0.1, 0.15) is 62.1 Å². The van der Waals surface area contributed by atoms with E-state index in [0.29, 0.717) is 6.54 Å². The monoisotopic (exact) mass is 337 g/mol. The highest BCUT2D eigenvalue weighted by Gasteiger charge is 2.40. The van der Waals surface area contributed by atoms with E-state index < -0.39 is 0 Å². The Morgan fingerprint density at radius 1 is 1.52 bits per heavy atom. The van der Waals surface area contributed by atoms with Crippen molar-refractivity contribution in [2.24, 2.45) is 0 Å². The molecule has 1 aromatic heterocycles. The zero-order valence-corrected chi connectivity index (χ0v) is 14.9. The summed E-state index contributed by atoms with van der Waals surface area (Å²) < 4.78 is 6.02. The average molecular weight is 337 g/mol. The first-order valence-electron chi connectivity index (χ1n) is 8.67. The number of urea groups is 1. The molecule has 2 atom stereocenters. The molecule has 1 spiro atoms. The number of rotatable bonds is 4. The van der Waals surface area contributed by atoms with E-state index in [1.165, 1.54) is 12.8 Å². The fraction of sp³-hybridized carbons (Fsp3) is 0.765. The Morgan fingerprint density at radius 2 is 2.30 bits per heavy atom. The predicted molar refractivity (Wildman–Crippen MR) is 92.0 cm³/mol. The maximum Gasteiger partial charge on any atom is 0.315 e. The third-order valence-corrected chi connectivity index (χ3v) is 6.16. The first-order valence-corrected chi connectivity index (χ1v) is 9.55. The summed E-state index contributed by atoms with van der Waals surface area (Å²) in [6.07, 6.45) is 6.67. The Hall–Kier alpha value is -1.14. The van der Waals surface area contributed by atoms with Crippen molar-refractivity contribution in [1.82, 2.24) is 15.6 Å². The lowest BCUT2D eigenvalue weighted by molar-refractivity contribution is -0.0820. The molecule has 1 saturated heterocycles. The molecule has 0 radical (unpaired) electrons. The third kappa shape index (κ3) is 4.23. The third-order valence-electron chi connectivity index (χ3n) is 4.97. The van der Waals surface area contributed by atoms with Crippen molar-refractivity contribution in [3.63, 3.8) is 0 Å². The van der Waals surface area contributed by atoms with E-state index in [2.05, 4.69) is 27.9 Å². The molecule has 0 aromatic carbocycles. The van der Waals surface area contributed by atoms with Crippen molar-refractivity contribution in [2.45, 2.75) is 69.9 Å². The van der Waals surface area contributed by atoms with Crippen LogP contribution in [0, 0.1) is 6.92 Å². The fourth-order valence-corrected chi connectivity index (χ4v) is 4.54. The first-order chi connectivity index (χ1) is 11.1. The second kappa shape index (κ2) is 7.18. The molecule has 3 rings (SSSR count). The summed E-state index contributed by atoms with van der Waals surface area (Å²) in [4.78, 5) is 16.7. The van der Waals surface area contributed by atoms with Crippen LogP contribution in [0.3, 0.4) is 0 Å². The van der Waals surface area contributed by atoms with Gasteiger partial charge in [-0.25, -0.2) is 9.78 Å². The molecule has 1 aromatic rings. The van der Waals surface area contributed by atoms with E-state index in [-0.39, 0.29) is 23.6 Å². The molecule has 2 heterocycles. The van der Waals surface area contributed by atoms with Crippen LogP contribution < -0.4 is 10.6 Å². The highest BCUT2D eigenvalue weighted by molar-refractivity contribution is 7.09. The lowest BCUT2D eigenvalue weighted by Gasteiger charge is -2.38. The van der Waals surface area contributed by atoms with Gasteiger partial charge in [-0.15, -0.1) is 11.3 Å². The molecule has 2 aliphatic rings. The molecule has 2 amide bonds. The summed E-state index contributed by atoms with van der Waals surface area (Å²) in [5.41, 5.74) is 1.09. The zero-order chi connectivity index (χ0) is 16.3. The fourth-order valence-electron chi connectivity index (χ4n) is 3.69. The topological polar surface area (TPSA) is 63.2 Å². The molecule has 1 aliphatic carbocycles. The molecule has 5 nitrogen and oxygen atoms in total. The number of carbonyl (C=O) groups excluding carboxylic acids is 1. The number of carbonyl (C=O) groups is 1. The Labute approximate surface area is 142 Å². The maximum absolute atomic E-state index is 12.2. The van der Waals surface area contributed by atoms with Crippen LogP contribution in [0.15, 0.2) is 5.38 Å². The van der Waals surface area contributed by atoms with Crippen LogP contribution in [0.25, 0.3) is 0 Å². The Morgan fingerprint density at radius 3 is 3.00 bits per heavy atom. The van der Waals surface area contributed by atoms with Crippen LogP contribution in [0.2, 0.25) is 0 Å². The van der Waals surface area contributed by atoms with Crippen LogP contribution in [-0.2, 0) is 4.74 Å². The van der Waals surface area contributed by atoms with Crippen LogP contribution in [-0.4, -0.2) is 35.8 Å². The highest BCUT2D eigenvalue weighted by Crippen LogP contribution is 2.39. The minimum atomic E-state index is -0.0647. The number of nitrogens with one attached hydrogen (secondary N) is 2. The van der Waals surface area contributed by atoms with E-state index in [4.69, 9.17) is 4.74 Å². The second-order valence-corrected chi connectivity index (χ2v) is 7.90. The van der Waals surface area contributed by atoms with Gasteiger partial charge in [0.15, 0.2) is 0 Å². The molecule has 6 heteroatoms. The summed E-state index contributed by atoms with van der Waals surface area (Å²) in [6, 6.07) is 0.171. The summed E-state index contributed by atoms with van der Waals surface area (Å²) in [6.45, 7) is 5.48. The van der Waals surface area contributed by atoms with Gasteiger partial charge in [-0.1, -0.05) is 19.8 Å². The van der Waals surface area contributed by atoms with Crippen molar-refractivity contribution < 1.29 is 9.53 Å². The molecule has 23 heavy (non-hydrogen) atoms. The van der Waals surface area contributed by atoms with Gasteiger partial charge in [0.1, 0.15) is 0 Å². The number of thiazole rings is 1. The highest BCUT2D eigenvalue weighted by atomic mass is 32.1. The number of aromatic nitrogens is 1. The number of hydrogen-bond acceptors (Lipinski definition) is 4. The van der Waals surface area contributed by atoms with Crippen LogP contribution in [0.4, 0.5) is 4.79 Å². The van der Waals surface area contributed by atoms with Crippen LogP contribution in [0.5, 0.6) is 0 Å². The zero-order valence-electron chi connectivity index (χ0n) is 14.1. The Bertz CT molecular complexity index is 540. The van der Waals surface area contributed by atoms with Gasteiger partial charge in [0.05, 0.1) is 10.6 Å². The van der Waals surface area contributed by atoms with E-state index in [0.717, 1.165) is 43.0 Å². The molecule has 1 aliphatic heterocycles. The van der Waals surface area contributed by atoms with Gasteiger partial charge in [-0.3, -0.25) is 0 Å². The molecular weight excluding hydrogens is 310 g/mol. The summed E-state index contributed by atoms with van der Waals surface area (Å²) in [5.74, 6) is 0.246. The number of ether oxygens (including phenoxy) is 1. The van der Waals surface area contributed by atoms with Gasteiger partial charge in [0.2, 0.25) is 0 Å². The average Bonchev–Trinajstić information content (AvgIpc) is 3.14. The lowest BCUT2D eigenvalue weighted by atomic mass is 9.89. The molecule has 0 unspecified atom stereocenters. The molecule has 1 saturated carbocycles.